The third kappa shape index (κ3) is 5.39. The van der Waals surface area contributed by atoms with Crippen LogP contribution in [0.25, 0.3) is 10.8 Å². The van der Waals surface area contributed by atoms with Gasteiger partial charge in [0, 0.05) is 18.3 Å². The highest BCUT2D eigenvalue weighted by atomic mass is 35.5. The molecule has 0 radical (unpaired) electrons. The lowest BCUT2D eigenvalue weighted by atomic mass is 9.93. The van der Waals surface area contributed by atoms with Gasteiger partial charge in [-0.25, -0.2) is 4.98 Å². The fraction of sp³-hybridized carbons (Fsp3) is 0.304. The third-order valence-electron chi connectivity index (χ3n) is 5.12. The first-order chi connectivity index (χ1) is 14.2. The van der Waals surface area contributed by atoms with Gasteiger partial charge in [-0.15, -0.1) is 0 Å². The van der Waals surface area contributed by atoms with E-state index in [-0.39, 0.29) is 24.7 Å². The molecule has 0 aliphatic heterocycles. The van der Waals surface area contributed by atoms with E-state index in [1.54, 1.807) is 18.3 Å². The van der Waals surface area contributed by atoms with Crippen LogP contribution >= 0.6 is 11.6 Å². The molecule has 1 N–H and O–H groups in total. The second-order valence-corrected chi connectivity index (χ2v) is 7.71. The Balaban J connectivity index is 1.20. The molecule has 0 unspecified atom stereocenters. The van der Waals surface area contributed by atoms with E-state index in [9.17, 15) is 4.79 Å². The number of nitrogens with one attached hydrogen (secondary N) is 1. The first-order valence-electron chi connectivity index (χ1n) is 9.85. The molecule has 1 heterocycles. The highest BCUT2D eigenvalue weighted by Gasteiger charge is 2.24. The standard InChI is InChI=1S/C23H23ClN2O3/c24-18-6-12-23(25-14-18)29-20-10-7-19(8-11-20)26-22(27)15-28-21-9-5-16-3-1-2-4-17(16)13-21/h1-6,9,12-14,19-20H,7-8,10-11,15H2,(H,26,27). The van der Waals surface area contributed by atoms with Crippen molar-refractivity contribution in [2.24, 2.45) is 0 Å². The van der Waals surface area contributed by atoms with E-state index in [2.05, 4.69) is 16.4 Å². The summed E-state index contributed by atoms with van der Waals surface area (Å²) < 4.78 is 11.6. The molecule has 0 spiro atoms. The van der Waals surface area contributed by atoms with Gasteiger partial charge >= 0.3 is 0 Å². The molecule has 1 amide bonds. The molecule has 1 fully saturated rings. The maximum atomic E-state index is 12.3. The van der Waals surface area contributed by atoms with Crippen LogP contribution in [0.15, 0.2) is 60.8 Å². The van der Waals surface area contributed by atoms with Gasteiger partial charge in [0.2, 0.25) is 5.88 Å². The number of hydrogen-bond donors (Lipinski definition) is 1. The Hall–Kier alpha value is -2.79. The fourth-order valence-corrected chi connectivity index (χ4v) is 3.71. The van der Waals surface area contributed by atoms with Crippen molar-refractivity contribution in [2.45, 2.75) is 37.8 Å². The van der Waals surface area contributed by atoms with Gasteiger partial charge in [-0.05, 0) is 54.7 Å². The smallest absolute Gasteiger partial charge is 0.258 e. The zero-order valence-corrected chi connectivity index (χ0v) is 16.8. The van der Waals surface area contributed by atoms with Gasteiger partial charge < -0.3 is 14.8 Å². The Morgan fingerprint density at radius 2 is 1.83 bits per heavy atom. The van der Waals surface area contributed by atoms with Crippen LogP contribution in [0.3, 0.4) is 0 Å². The molecule has 1 aliphatic carbocycles. The number of rotatable bonds is 6. The summed E-state index contributed by atoms with van der Waals surface area (Å²) in [4.78, 5) is 16.4. The molecule has 5 nitrogen and oxygen atoms in total. The minimum Gasteiger partial charge on any atom is -0.484 e. The Bertz CT molecular complexity index is 969. The van der Waals surface area contributed by atoms with Gasteiger partial charge in [-0.1, -0.05) is 41.9 Å². The SMILES string of the molecule is O=C(COc1ccc2ccccc2c1)NC1CCC(Oc2ccc(Cl)cn2)CC1. The number of carbonyl (C=O) groups is 1. The molecule has 0 bridgehead atoms. The molecule has 4 rings (SSSR count). The number of ether oxygens (including phenoxy) is 2. The number of carbonyl (C=O) groups excluding carboxylic acids is 1. The predicted molar refractivity (Wildman–Crippen MR) is 114 cm³/mol. The summed E-state index contributed by atoms with van der Waals surface area (Å²) in [5.74, 6) is 1.19. The van der Waals surface area contributed by atoms with Gasteiger partial charge in [0.1, 0.15) is 11.9 Å². The third-order valence-corrected chi connectivity index (χ3v) is 5.34. The quantitative estimate of drug-likeness (QED) is 0.635. The molecule has 29 heavy (non-hydrogen) atoms. The monoisotopic (exact) mass is 410 g/mol. The summed E-state index contributed by atoms with van der Waals surface area (Å²) in [7, 11) is 0. The Morgan fingerprint density at radius 1 is 1.03 bits per heavy atom. The predicted octanol–water partition coefficient (Wildman–Crippen LogP) is 4.77. The summed E-state index contributed by atoms with van der Waals surface area (Å²) in [6, 6.07) is 17.6. The summed E-state index contributed by atoms with van der Waals surface area (Å²) in [5, 5.41) is 5.90. The molecule has 0 saturated heterocycles. The average Bonchev–Trinajstić information content (AvgIpc) is 2.75. The van der Waals surface area contributed by atoms with E-state index in [4.69, 9.17) is 21.1 Å². The van der Waals surface area contributed by atoms with Crippen molar-refractivity contribution >= 4 is 28.3 Å². The molecular formula is C23H23ClN2O3. The topological polar surface area (TPSA) is 60.5 Å². The van der Waals surface area contributed by atoms with Crippen molar-refractivity contribution in [1.29, 1.82) is 0 Å². The van der Waals surface area contributed by atoms with Crippen molar-refractivity contribution in [3.05, 3.63) is 65.8 Å². The molecule has 3 aromatic rings. The van der Waals surface area contributed by atoms with Crippen LogP contribution in [0.5, 0.6) is 11.6 Å². The van der Waals surface area contributed by atoms with Crippen molar-refractivity contribution in [2.75, 3.05) is 6.61 Å². The van der Waals surface area contributed by atoms with Crippen LogP contribution in [-0.4, -0.2) is 29.6 Å². The highest BCUT2D eigenvalue weighted by molar-refractivity contribution is 6.30. The maximum absolute atomic E-state index is 12.3. The Kier molecular flexibility index (Phi) is 6.15. The second-order valence-electron chi connectivity index (χ2n) is 7.27. The van der Waals surface area contributed by atoms with Crippen LogP contribution in [0.4, 0.5) is 0 Å². The fourth-order valence-electron chi connectivity index (χ4n) is 3.60. The molecule has 150 valence electrons. The number of pyridine rings is 1. The average molecular weight is 411 g/mol. The number of fused-ring (bicyclic) bond motifs is 1. The minimum atomic E-state index is -0.0955. The van der Waals surface area contributed by atoms with E-state index in [0.717, 1.165) is 36.5 Å². The van der Waals surface area contributed by atoms with Gasteiger partial charge in [-0.2, -0.15) is 0 Å². The largest absolute Gasteiger partial charge is 0.484 e. The van der Waals surface area contributed by atoms with E-state index in [1.807, 2.05) is 36.4 Å². The van der Waals surface area contributed by atoms with E-state index in [0.29, 0.717) is 16.7 Å². The molecule has 1 aromatic heterocycles. The van der Waals surface area contributed by atoms with Crippen LogP contribution < -0.4 is 14.8 Å². The lowest BCUT2D eigenvalue weighted by Gasteiger charge is -2.29. The normalized spacial score (nSPS) is 18.9. The Morgan fingerprint density at radius 3 is 2.59 bits per heavy atom. The van der Waals surface area contributed by atoms with Crippen LogP contribution in [0.1, 0.15) is 25.7 Å². The van der Waals surface area contributed by atoms with E-state index in [1.165, 1.54) is 0 Å². The lowest BCUT2D eigenvalue weighted by Crippen LogP contribution is -2.41. The van der Waals surface area contributed by atoms with Crippen molar-refractivity contribution in [3.63, 3.8) is 0 Å². The van der Waals surface area contributed by atoms with Crippen LogP contribution in [-0.2, 0) is 4.79 Å². The van der Waals surface area contributed by atoms with Gasteiger partial charge in [0.05, 0.1) is 5.02 Å². The van der Waals surface area contributed by atoms with Crippen molar-refractivity contribution in [3.8, 4) is 11.6 Å². The van der Waals surface area contributed by atoms with E-state index < -0.39 is 0 Å². The number of halogens is 1. The molecular weight excluding hydrogens is 388 g/mol. The molecule has 1 saturated carbocycles. The minimum absolute atomic E-state index is 0.0173. The van der Waals surface area contributed by atoms with Gasteiger partial charge in [-0.3, -0.25) is 4.79 Å². The van der Waals surface area contributed by atoms with Crippen molar-refractivity contribution in [1.82, 2.24) is 10.3 Å². The number of nitrogens with zero attached hydrogens (tertiary/aromatic N) is 1. The lowest BCUT2D eigenvalue weighted by molar-refractivity contribution is -0.124. The molecule has 1 aliphatic rings. The maximum Gasteiger partial charge on any atom is 0.258 e. The number of amides is 1. The molecule has 0 atom stereocenters. The zero-order chi connectivity index (χ0) is 20.1. The Labute approximate surface area is 175 Å². The second kappa shape index (κ2) is 9.14. The van der Waals surface area contributed by atoms with Crippen LogP contribution in [0, 0.1) is 0 Å². The summed E-state index contributed by atoms with van der Waals surface area (Å²) >= 11 is 5.84. The van der Waals surface area contributed by atoms with Gasteiger partial charge in [0.25, 0.3) is 5.91 Å². The first kappa shape index (κ1) is 19.5. The van der Waals surface area contributed by atoms with Crippen molar-refractivity contribution < 1.29 is 14.3 Å². The summed E-state index contributed by atoms with van der Waals surface area (Å²) in [5.41, 5.74) is 0. The zero-order valence-electron chi connectivity index (χ0n) is 16.0. The van der Waals surface area contributed by atoms with Crippen LogP contribution in [0.2, 0.25) is 5.02 Å². The summed E-state index contributed by atoms with van der Waals surface area (Å²) in [6.07, 6.45) is 5.20. The molecule has 6 heteroatoms. The number of benzene rings is 2. The number of aromatic nitrogens is 1. The highest BCUT2D eigenvalue weighted by Crippen LogP contribution is 2.24. The first-order valence-corrected chi connectivity index (χ1v) is 10.2. The van der Waals surface area contributed by atoms with Gasteiger partial charge in [0.15, 0.2) is 6.61 Å². The summed E-state index contributed by atoms with van der Waals surface area (Å²) in [6.45, 7) is 0.0173. The molecule has 2 aromatic carbocycles. The van der Waals surface area contributed by atoms with E-state index >= 15 is 0 Å². The number of hydrogen-bond acceptors (Lipinski definition) is 4.